The van der Waals surface area contributed by atoms with Crippen molar-refractivity contribution >= 4 is 53.5 Å². The maximum absolute atomic E-state index is 12.6. The number of hydrogen-bond donors (Lipinski definition) is 1. The predicted molar refractivity (Wildman–Crippen MR) is 113 cm³/mol. The lowest BCUT2D eigenvalue weighted by Crippen LogP contribution is -2.37. The molecule has 0 unspecified atom stereocenters. The first kappa shape index (κ1) is 19.9. The Morgan fingerprint density at radius 2 is 1.80 bits per heavy atom. The summed E-state index contributed by atoms with van der Waals surface area (Å²) in [5.41, 5.74) is -0.412. The molecule has 4 aromatic rings. The molecule has 0 aliphatic heterocycles. The third kappa shape index (κ3) is 3.29. The Morgan fingerprint density at radius 3 is 2.50 bits per heavy atom. The molecule has 1 amide bonds. The van der Waals surface area contributed by atoms with Gasteiger partial charge in [-0.1, -0.05) is 11.3 Å². The normalized spacial score (nSPS) is 11.8. The Kier molecular flexibility index (Phi) is 4.55. The first-order valence-corrected chi connectivity index (χ1v) is 11.3. The van der Waals surface area contributed by atoms with Crippen molar-refractivity contribution in [3.05, 3.63) is 56.9 Å². The number of nitrogens with one attached hydrogen (secondary N) is 1. The number of amides is 1. The Morgan fingerprint density at radius 1 is 1.07 bits per heavy atom. The van der Waals surface area contributed by atoms with Gasteiger partial charge in [-0.05, 0) is 30.3 Å². The van der Waals surface area contributed by atoms with E-state index in [2.05, 4.69) is 15.3 Å². The highest BCUT2D eigenvalue weighted by molar-refractivity contribution is 7.90. The first-order chi connectivity index (χ1) is 14.1. The summed E-state index contributed by atoms with van der Waals surface area (Å²) in [5, 5.41) is 3.09. The summed E-state index contributed by atoms with van der Waals surface area (Å²) >= 11 is 1.12. The Hall–Kier alpha value is -3.38. The summed E-state index contributed by atoms with van der Waals surface area (Å²) in [6, 6.07) is 7.35. The number of rotatable bonds is 3. The fourth-order valence-electron chi connectivity index (χ4n) is 2.93. The number of nitrogens with zero attached hydrogens (tertiary/aromatic N) is 4. The van der Waals surface area contributed by atoms with Crippen molar-refractivity contribution in [1.29, 1.82) is 0 Å². The monoisotopic (exact) mass is 445 g/mol. The van der Waals surface area contributed by atoms with Gasteiger partial charge in [0.1, 0.15) is 11.3 Å². The molecule has 0 spiro atoms. The number of pyridine rings is 1. The lowest BCUT2D eigenvalue weighted by atomic mass is 10.2. The zero-order chi connectivity index (χ0) is 21.8. The molecular formula is C18H15N5O5S2. The average Bonchev–Trinajstić information content (AvgIpc) is 3.10. The molecule has 0 aliphatic rings. The molecule has 0 saturated heterocycles. The van der Waals surface area contributed by atoms with Crippen LogP contribution < -0.4 is 16.6 Å². The highest BCUT2D eigenvalue weighted by atomic mass is 32.2. The van der Waals surface area contributed by atoms with Gasteiger partial charge in [-0.3, -0.25) is 24.0 Å². The Bertz CT molecular complexity index is 1580. The summed E-state index contributed by atoms with van der Waals surface area (Å²) in [6.45, 7) is 0. The van der Waals surface area contributed by atoms with Crippen LogP contribution >= 0.6 is 11.3 Å². The molecule has 0 bridgehead atoms. The number of carbonyl (C=O) groups is 1. The maximum atomic E-state index is 12.6. The second-order valence-electron chi connectivity index (χ2n) is 6.65. The minimum atomic E-state index is -3.36. The van der Waals surface area contributed by atoms with Gasteiger partial charge < -0.3 is 0 Å². The molecule has 1 N–H and O–H groups in total. The largest absolute Gasteiger partial charge is 0.332 e. The number of fused-ring (bicyclic) bond motifs is 2. The predicted octanol–water partition coefficient (Wildman–Crippen LogP) is 0.898. The summed E-state index contributed by atoms with van der Waals surface area (Å²) in [4.78, 5) is 45.6. The van der Waals surface area contributed by atoms with Crippen molar-refractivity contribution in [2.45, 2.75) is 4.90 Å². The van der Waals surface area contributed by atoms with Crippen LogP contribution in [0.5, 0.6) is 0 Å². The van der Waals surface area contributed by atoms with Crippen molar-refractivity contribution in [2.24, 2.45) is 14.1 Å². The number of hydrogen-bond acceptors (Lipinski definition) is 8. The number of aryl methyl sites for hydroxylation is 1. The van der Waals surface area contributed by atoms with Gasteiger partial charge in [0.25, 0.3) is 11.5 Å². The molecular weight excluding hydrogens is 430 g/mol. The Balaban J connectivity index is 1.71. The van der Waals surface area contributed by atoms with Crippen LogP contribution in [0, 0.1) is 0 Å². The summed E-state index contributed by atoms with van der Waals surface area (Å²) < 4.78 is 26.2. The quantitative estimate of drug-likeness (QED) is 0.495. The second kappa shape index (κ2) is 6.85. The van der Waals surface area contributed by atoms with Crippen LogP contribution in [0.1, 0.15) is 10.5 Å². The fraction of sp³-hybridized carbons (Fsp3) is 0.167. The number of carbonyl (C=O) groups excluding carboxylic acids is 1. The van der Waals surface area contributed by atoms with Gasteiger partial charge in [-0.2, -0.15) is 0 Å². The van der Waals surface area contributed by atoms with E-state index in [1.807, 2.05) is 0 Å². The number of thiazole rings is 1. The number of anilines is 1. The Labute approximate surface area is 173 Å². The van der Waals surface area contributed by atoms with Crippen molar-refractivity contribution in [1.82, 2.24) is 19.1 Å². The smallest absolute Gasteiger partial charge is 0.296 e. The molecule has 3 heterocycles. The molecule has 3 aromatic heterocycles. The topological polar surface area (TPSA) is 133 Å². The molecule has 1 aromatic carbocycles. The molecule has 0 radical (unpaired) electrons. The number of benzene rings is 1. The molecule has 12 heteroatoms. The first-order valence-electron chi connectivity index (χ1n) is 8.55. The van der Waals surface area contributed by atoms with E-state index < -0.39 is 27.0 Å². The SMILES string of the molecule is Cn1c(=O)c2ccc(C(=O)Nc3nc4ccc(S(C)(=O)=O)cc4s3)nc2n(C)c1=O. The summed E-state index contributed by atoms with van der Waals surface area (Å²) in [6.07, 6.45) is 1.11. The average molecular weight is 445 g/mol. The van der Waals surface area contributed by atoms with Gasteiger partial charge in [0.2, 0.25) is 0 Å². The maximum Gasteiger partial charge on any atom is 0.332 e. The van der Waals surface area contributed by atoms with Gasteiger partial charge >= 0.3 is 5.69 Å². The number of aromatic nitrogens is 4. The van der Waals surface area contributed by atoms with E-state index >= 15 is 0 Å². The zero-order valence-corrected chi connectivity index (χ0v) is 17.7. The van der Waals surface area contributed by atoms with Crippen molar-refractivity contribution in [3.63, 3.8) is 0 Å². The lowest BCUT2D eigenvalue weighted by Gasteiger charge is -2.08. The lowest BCUT2D eigenvalue weighted by molar-refractivity contribution is 0.102. The van der Waals surface area contributed by atoms with Crippen LogP contribution in [0.15, 0.2) is 44.8 Å². The van der Waals surface area contributed by atoms with Gasteiger partial charge in [-0.15, -0.1) is 0 Å². The van der Waals surface area contributed by atoms with E-state index in [1.165, 1.54) is 42.9 Å². The molecule has 4 rings (SSSR count). The van der Waals surface area contributed by atoms with E-state index in [0.29, 0.717) is 10.2 Å². The fourth-order valence-corrected chi connectivity index (χ4v) is 4.55. The van der Waals surface area contributed by atoms with E-state index in [9.17, 15) is 22.8 Å². The van der Waals surface area contributed by atoms with E-state index in [4.69, 9.17) is 0 Å². The van der Waals surface area contributed by atoms with Gasteiger partial charge in [0.05, 0.1) is 20.5 Å². The summed E-state index contributed by atoms with van der Waals surface area (Å²) in [7, 11) is -0.528. The highest BCUT2D eigenvalue weighted by Crippen LogP contribution is 2.28. The molecule has 0 atom stereocenters. The van der Waals surface area contributed by atoms with E-state index in [1.54, 1.807) is 6.07 Å². The summed E-state index contributed by atoms with van der Waals surface area (Å²) in [5.74, 6) is -0.576. The van der Waals surface area contributed by atoms with Crippen molar-refractivity contribution in [2.75, 3.05) is 11.6 Å². The second-order valence-corrected chi connectivity index (χ2v) is 9.69. The molecule has 10 nitrogen and oxygen atoms in total. The van der Waals surface area contributed by atoms with Crippen LogP contribution in [0.25, 0.3) is 21.3 Å². The molecule has 30 heavy (non-hydrogen) atoms. The third-order valence-corrected chi connectivity index (χ3v) is 6.59. The van der Waals surface area contributed by atoms with Gasteiger partial charge in [-0.25, -0.2) is 23.2 Å². The van der Waals surface area contributed by atoms with Crippen LogP contribution in [0.4, 0.5) is 5.13 Å². The van der Waals surface area contributed by atoms with Crippen LogP contribution in [0.3, 0.4) is 0 Å². The van der Waals surface area contributed by atoms with Gasteiger partial charge in [0.15, 0.2) is 15.0 Å². The molecule has 154 valence electrons. The highest BCUT2D eigenvalue weighted by Gasteiger charge is 2.16. The third-order valence-electron chi connectivity index (χ3n) is 4.54. The van der Waals surface area contributed by atoms with Crippen molar-refractivity contribution < 1.29 is 13.2 Å². The van der Waals surface area contributed by atoms with Crippen LogP contribution in [-0.4, -0.2) is 39.7 Å². The van der Waals surface area contributed by atoms with Gasteiger partial charge in [0, 0.05) is 20.4 Å². The minimum absolute atomic E-state index is 0.00170. The van der Waals surface area contributed by atoms with E-state index in [0.717, 1.165) is 22.2 Å². The van der Waals surface area contributed by atoms with Crippen LogP contribution in [-0.2, 0) is 23.9 Å². The van der Waals surface area contributed by atoms with Crippen molar-refractivity contribution in [3.8, 4) is 0 Å². The number of sulfone groups is 1. The van der Waals surface area contributed by atoms with E-state index in [-0.39, 0.29) is 26.8 Å². The molecule has 0 aliphatic carbocycles. The molecule has 0 saturated carbocycles. The van der Waals surface area contributed by atoms with Crippen LogP contribution in [0.2, 0.25) is 0 Å². The standard InChI is InChI=1S/C18H15N5O5S2/c1-22-14-10(16(25)23(2)18(22)26)5-7-12(19-14)15(24)21-17-20-11-6-4-9(30(3,27)28)8-13(11)29-17/h4-8H,1-3H3,(H,20,21,24). The molecule has 0 fully saturated rings. The minimum Gasteiger partial charge on any atom is -0.296 e. The zero-order valence-electron chi connectivity index (χ0n) is 16.0.